The predicted molar refractivity (Wildman–Crippen MR) is 107 cm³/mol. The highest BCUT2D eigenvalue weighted by molar-refractivity contribution is 6.00. The van der Waals surface area contributed by atoms with Crippen molar-refractivity contribution in [3.05, 3.63) is 41.6 Å². The van der Waals surface area contributed by atoms with E-state index < -0.39 is 5.97 Å². The second-order valence-corrected chi connectivity index (χ2v) is 7.48. The summed E-state index contributed by atoms with van der Waals surface area (Å²) >= 11 is 0. The number of aliphatic imine (C=N–C) groups is 1. The average Bonchev–Trinajstić information content (AvgIpc) is 2.66. The fourth-order valence-electron chi connectivity index (χ4n) is 3.94. The number of carbonyl (C=O) groups is 1. The molecular formula is C22H25N3O3. The van der Waals surface area contributed by atoms with Crippen molar-refractivity contribution in [2.45, 2.75) is 38.3 Å². The molecule has 1 aromatic rings. The van der Waals surface area contributed by atoms with Crippen molar-refractivity contribution in [3.63, 3.8) is 0 Å². The maximum absolute atomic E-state index is 11.0. The average molecular weight is 379 g/mol. The summed E-state index contributed by atoms with van der Waals surface area (Å²) in [6, 6.07) is 8.32. The van der Waals surface area contributed by atoms with E-state index in [1.807, 2.05) is 37.4 Å². The number of piperidine rings is 1. The van der Waals surface area contributed by atoms with Crippen LogP contribution >= 0.6 is 0 Å². The standard InChI is InChI=1S/C22H25N3O3/c1-2-28-19-6-3-15(4-7-19)5-8-21-23-13-17-14-25(10-9-20(17)24-21)18-11-16(12-18)22(26)27/h3-4,6-7,13,16,18,20H,2,9-12,14H2,1H3,(H,23,24)(H,26,27). The molecule has 1 aromatic carbocycles. The van der Waals surface area contributed by atoms with Gasteiger partial charge in [0.2, 0.25) is 0 Å². The minimum absolute atomic E-state index is 0.163. The van der Waals surface area contributed by atoms with E-state index in [4.69, 9.17) is 14.8 Å². The number of hydrogen-bond acceptors (Lipinski definition) is 5. The lowest BCUT2D eigenvalue weighted by Gasteiger charge is -2.45. The highest BCUT2D eigenvalue weighted by Crippen LogP contribution is 2.35. The number of aliphatic carboxylic acids is 1. The Balaban J connectivity index is 1.33. The molecule has 1 saturated carbocycles. The van der Waals surface area contributed by atoms with Crippen LogP contribution in [0.15, 0.2) is 41.0 Å². The van der Waals surface area contributed by atoms with E-state index in [1.165, 1.54) is 5.57 Å². The molecule has 2 fully saturated rings. The molecule has 3 aliphatic rings. The van der Waals surface area contributed by atoms with E-state index in [0.717, 1.165) is 43.7 Å². The van der Waals surface area contributed by atoms with Gasteiger partial charge in [0.1, 0.15) is 5.75 Å². The molecule has 1 unspecified atom stereocenters. The molecule has 0 amide bonds. The molecule has 0 spiro atoms. The minimum atomic E-state index is -0.662. The Kier molecular flexibility index (Phi) is 5.36. The smallest absolute Gasteiger partial charge is 0.306 e. The summed E-state index contributed by atoms with van der Waals surface area (Å²) in [5.74, 6) is 6.99. The van der Waals surface area contributed by atoms with Gasteiger partial charge in [-0.25, -0.2) is 0 Å². The normalized spacial score (nSPS) is 26.4. The molecule has 1 saturated heterocycles. The Morgan fingerprint density at radius 1 is 1.32 bits per heavy atom. The maximum Gasteiger partial charge on any atom is 0.306 e. The van der Waals surface area contributed by atoms with Crippen LogP contribution < -0.4 is 10.1 Å². The molecule has 1 atom stereocenters. The van der Waals surface area contributed by atoms with Gasteiger partial charge < -0.3 is 15.2 Å². The second-order valence-electron chi connectivity index (χ2n) is 7.48. The van der Waals surface area contributed by atoms with Gasteiger partial charge >= 0.3 is 5.97 Å². The molecule has 6 heteroatoms. The molecule has 2 N–H and O–H groups in total. The van der Waals surface area contributed by atoms with Crippen molar-refractivity contribution >= 4 is 11.8 Å². The van der Waals surface area contributed by atoms with Gasteiger partial charge in [0.05, 0.1) is 18.6 Å². The molecule has 0 radical (unpaired) electrons. The number of fused-ring (bicyclic) bond motifs is 1. The van der Waals surface area contributed by atoms with Crippen LogP contribution in [0.3, 0.4) is 0 Å². The van der Waals surface area contributed by atoms with Crippen molar-refractivity contribution in [1.29, 1.82) is 0 Å². The van der Waals surface area contributed by atoms with Crippen LogP contribution in [-0.2, 0) is 4.79 Å². The maximum atomic E-state index is 11.0. The number of amidine groups is 1. The number of carboxylic acid groups (broad SMARTS) is 1. The number of carboxylic acids is 1. The van der Waals surface area contributed by atoms with Gasteiger partial charge in [0, 0.05) is 30.9 Å². The van der Waals surface area contributed by atoms with Gasteiger partial charge in [0.15, 0.2) is 5.84 Å². The van der Waals surface area contributed by atoms with Crippen LogP contribution in [-0.4, -0.2) is 53.6 Å². The van der Waals surface area contributed by atoms with Gasteiger partial charge in [0.25, 0.3) is 0 Å². The molecule has 0 bridgehead atoms. The van der Waals surface area contributed by atoms with Gasteiger partial charge in [-0.3, -0.25) is 14.7 Å². The van der Waals surface area contributed by atoms with Crippen LogP contribution in [0.25, 0.3) is 0 Å². The first-order chi connectivity index (χ1) is 13.6. The van der Waals surface area contributed by atoms with E-state index >= 15 is 0 Å². The number of hydrogen-bond donors (Lipinski definition) is 2. The highest BCUT2D eigenvalue weighted by atomic mass is 16.5. The Morgan fingerprint density at radius 2 is 2.11 bits per heavy atom. The lowest BCUT2D eigenvalue weighted by molar-refractivity contribution is -0.147. The molecule has 146 valence electrons. The molecule has 0 aromatic heterocycles. The fourth-order valence-corrected chi connectivity index (χ4v) is 3.94. The first kappa shape index (κ1) is 18.6. The summed E-state index contributed by atoms with van der Waals surface area (Å²) in [5.41, 5.74) is 2.19. The predicted octanol–water partition coefficient (Wildman–Crippen LogP) is 2.26. The number of benzene rings is 1. The summed E-state index contributed by atoms with van der Waals surface area (Å²) in [5, 5.41) is 12.3. The topological polar surface area (TPSA) is 74.2 Å². The van der Waals surface area contributed by atoms with E-state index in [1.54, 1.807) is 0 Å². The van der Waals surface area contributed by atoms with Crippen molar-refractivity contribution in [2.75, 3.05) is 19.7 Å². The Morgan fingerprint density at radius 3 is 2.82 bits per heavy atom. The SMILES string of the molecule is CCOc1ccc(C#CC2=NC3CCN(C4CC(C(=O)O)C4)CC3=CN2)cc1. The zero-order chi connectivity index (χ0) is 19.5. The number of ether oxygens (including phenoxy) is 1. The van der Waals surface area contributed by atoms with E-state index in [2.05, 4.69) is 22.1 Å². The van der Waals surface area contributed by atoms with Crippen LogP contribution in [0.2, 0.25) is 0 Å². The molecule has 2 heterocycles. The lowest BCUT2D eigenvalue weighted by Crippen LogP contribution is -2.52. The Hall–Kier alpha value is -2.78. The zero-order valence-corrected chi connectivity index (χ0v) is 16.0. The van der Waals surface area contributed by atoms with Crippen LogP contribution in [0.5, 0.6) is 5.75 Å². The van der Waals surface area contributed by atoms with Crippen LogP contribution in [0.4, 0.5) is 0 Å². The van der Waals surface area contributed by atoms with Crippen molar-refractivity contribution in [3.8, 4) is 17.6 Å². The lowest BCUT2D eigenvalue weighted by atomic mass is 9.78. The van der Waals surface area contributed by atoms with Crippen molar-refractivity contribution in [2.24, 2.45) is 10.9 Å². The molecule has 28 heavy (non-hydrogen) atoms. The third-order valence-corrected chi connectivity index (χ3v) is 5.65. The second kappa shape index (κ2) is 8.07. The summed E-state index contributed by atoms with van der Waals surface area (Å²) < 4.78 is 5.44. The van der Waals surface area contributed by atoms with Crippen LogP contribution in [0.1, 0.15) is 31.7 Å². The van der Waals surface area contributed by atoms with E-state index in [9.17, 15) is 4.79 Å². The zero-order valence-electron chi connectivity index (χ0n) is 16.0. The number of likely N-dealkylation sites (tertiary alicyclic amines) is 1. The molecular weight excluding hydrogens is 354 g/mol. The largest absolute Gasteiger partial charge is 0.494 e. The van der Waals surface area contributed by atoms with E-state index in [0.29, 0.717) is 18.5 Å². The van der Waals surface area contributed by atoms with Gasteiger partial charge in [-0.1, -0.05) is 5.92 Å². The van der Waals surface area contributed by atoms with Crippen LogP contribution in [0, 0.1) is 17.8 Å². The summed E-state index contributed by atoms with van der Waals surface area (Å²) in [6.07, 6.45) is 4.51. The summed E-state index contributed by atoms with van der Waals surface area (Å²) in [4.78, 5) is 18.2. The molecule has 2 aliphatic heterocycles. The first-order valence-electron chi connectivity index (χ1n) is 9.87. The van der Waals surface area contributed by atoms with Gasteiger partial charge in [-0.2, -0.15) is 0 Å². The molecule has 4 rings (SSSR count). The third-order valence-electron chi connectivity index (χ3n) is 5.65. The summed E-state index contributed by atoms with van der Waals surface area (Å²) in [7, 11) is 0. The molecule has 6 nitrogen and oxygen atoms in total. The van der Waals surface area contributed by atoms with Crippen molar-refractivity contribution < 1.29 is 14.6 Å². The quantitative estimate of drug-likeness (QED) is 0.785. The Bertz CT molecular complexity index is 857. The number of nitrogens with zero attached hydrogens (tertiary/aromatic N) is 2. The number of rotatable bonds is 4. The summed E-state index contributed by atoms with van der Waals surface area (Å²) in [6.45, 7) is 4.44. The van der Waals surface area contributed by atoms with Crippen molar-refractivity contribution in [1.82, 2.24) is 10.2 Å². The number of nitrogens with one attached hydrogen (secondary N) is 1. The monoisotopic (exact) mass is 379 g/mol. The first-order valence-corrected chi connectivity index (χ1v) is 9.87. The van der Waals surface area contributed by atoms with E-state index in [-0.39, 0.29) is 12.0 Å². The fraction of sp³-hybridized carbons (Fsp3) is 0.455. The van der Waals surface area contributed by atoms with Gasteiger partial charge in [-0.15, -0.1) is 0 Å². The highest BCUT2D eigenvalue weighted by Gasteiger charge is 2.40. The minimum Gasteiger partial charge on any atom is -0.494 e. The Labute approximate surface area is 165 Å². The third kappa shape index (κ3) is 4.05. The van der Waals surface area contributed by atoms with Gasteiger partial charge in [-0.05, 0) is 61.9 Å². The molecule has 1 aliphatic carbocycles.